The molecule has 7 unspecified atom stereocenters. The number of aliphatic hydroxyl groups is 9. The predicted octanol–water partition coefficient (Wildman–Crippen LogP) is -0.785. The first-order valence-electron chi connectivity index (χ1n) is 34.7. The summed E-state index contributed by atoms with van der Waals surface area (Å²) in [6.07, 6.45) is -11.0. The molecule has 0 aromatic rings. The summed E-state index contributed by atoms with van der Waals surface area (Å²) >= 11 is 0. The molecular weight excluding hydrogens is 1330 g/mol. The second kappa shape index (κ2) is 53.0. The molecule has 3 aliphatic heterocycles. The average Bonchev–Trinajstić information content (AvgIpc) is 0.851. The van der Waals surface area contributed by atoms with Gasteiger partial charge in [-0.1, -0.05) is 47.5 Å². The molecule has 3 heterocycles. The monoisotopic (exact) mass is 1450 g/mol. The standard InChI is InChI=1S/C56H96N4O24.C7H18NO4P.C2H6/c1-33-47(72)50(75)40(30-61)82-53(33)79-23-7-19-58-44(69)15-13-38(66)26-56(18-17-37(65)11-5-10-36(64)12-6-22-78-4,27-39(67)14-16-45(70)59-20-8-24-80-54-34(2)48(73)51(76)41(31-62)83-54)43(68)28-57-29-46(71)60-21-9-25-81-55-35(3)49(74)52(77)42(32-63)84-55;1-11-13(9,10)12-7-5-3-2-4-6-8;1-2/h33-35,40-42,47-55,57,61-63,72-77H,5-32H2,1-4H3,(H,58,69)(H,59,70)(H,60,71);2-8H2,1H3,(H,9,10);1-2H3/t33?,34?,35?,40?,41?,42?,47-,48-,49-,50+,51+,52+,53-,54-,55-,56?;;/m1../s1. The fraction of sp³-hybridized carbons (Fsp3) is 0.877. The zero-order valence-corrected chi connectivity index (χ0v) is 59.9. The number of methoxy groups -OCH3 is 1. The van der Waals surface area contributed by atoms with Crippen LogP contribution in [0, 0.1) is 23.2 Å². The van der Waals surface area contributed by atoms with Crippen molar-refractivity contribution in [3.63, 3.8) is 0 Å². The number of hydrogen-bond acceptors (Lipinski definition) is 29. The van der Waals surface area contributed by atoms with Crippen molar-refractivity contribution in [2.24, 2.45) is 28.9 Å². The summed E-state index contributed by atoms with van der Waals surface area (Å²) in [6, 6.07) is 0. The molecule has 3 aliphatic rings. The Morgan fingerprint density at radius 3 is 1.25 bits per heavy atom. The van der Waals surface area contributed by atoms with Crippen LogP contribution in [0.2, 0.25) is 0 Å². The Bertz CT molecular complexity index is 2270. The van der Waals surface area contributed by atoms with Gasteiger partial charge in [0.05, 0.1) is 77.6 Å². The van der Waals surface area contributed by atoms with E-state index in [1.54, 1.807) is 20.8 Å². The van der Waals surface area contributed by atoms with E-state index < -0.39 is 186 Å². The number of unbranched alkanes of at least 4 members (excludes halogenated alkanes) is 3. The highest BCUT2D eigenvalue weighted by Crippen LogP contribution is 2.42. The van der Waals surface area contributed by atoms with E-state index in [0.29, 0.717) is 19.6 Å². The predicted molar refractivity (Wildman–Crippen MR) is 355 cm³/mol. The number of carbonyl (C=O) groups excluding carboxylic acids is 8. The highest BCUT2D eigenvalue weighted by Gasteiger charge is 2.46. The molecule has 16 N–H and O–H groups in total. The largest absolute Gasteiger partial charge is 0.471 e. The molecule has 34 heteroatoms. The number of nitrogens with two attached hydrogens (primary N) is 1. The van der Waals surface area contributed by atoms with Crippen molar-refractivity contribution >= 4 is 54.5 Å². The summed E-state index contributed by atoms with van der Waals surface area (Å²) < 4.78 is 58.4. The van der Waals surface area contributed by atoms with Crippen LogP contribution in [-0.2, 0) is 85.1 Å². The number of Topliss-reactive ketones (excluding diaryl/α,β-unsaturated/α-hetero) is 5. The van der Waals surface area contributed by atoms with Gasteiger partial charge in [-0.25, -0.2) is 4.57 Å². The normalized spacial score (nSPS) is 26.4. The van der Waals surface area contributed by atoms with Gasteiger partial charge in [-0.05, 0) is 57.9 Å². The summed E-state index contributed by atoms with van der Waals surface area (Å²) in [5, 5.41) is 101. The maximum Gasteiger partial charge on any atom is 0.471 e. The zero-order valence-electron chi connectivity index (χ0n) is 59.0. The molecule has 33 nitrogen and oxygen atoms in total. The fourth-order valence-electron chi connectivity index (χ4n) is 10.8. The quantitative estimate of drug-likeness (QED) is 0.0262. The third-order valence-corrected chi connectivity index (χ3v) is 18.0. The lowest BCUT2D eigenvalue weighted by Gasteiger charge is -2.40. The second-order valence-electron chi connectivity index (χ2n) is 24.9. The number of phosphoric acid groups is 1. The Kier molecular flexibility index (Phi) is 49.9. The van der Waals surface area contributed by atoms with E-state index in [-0.39, 0.29) is 141 Å². The third-order valence-electron chi connectivity index (χ3n) is 17.0. The van der Waals surface area contributed by atoms with E-state index in [0.717, 1.165) is 32.8 Å². The van der Waals surface area contributed by atoms with E-state index in [2.05, 4.69) is 30.3 Å². The van der Waals surface area contributed by atoms with Crippen LogP contribution in [0.25, 0.3) is 0 Å². The lowest BCUT2D eigenvalue weighted by molar-refractivity contribution is -0.282. The summed E-state index contributed by atoms with van der Waals surface area (Å²) in [5.74, 6) is -5.77. The molecule has 16 atom stereocenters. The molecule has 3 saturated heterocycles. The topological polar surface area (TPSA) is 513 Å². The van der Waals surface area contributed by atoms with Crippen molar-refractivity contribution in [2.75, 3.05) is 106 Å². The number of carbonyl (C=O) groups is 8. The van der Waals surface area contributed by atoms with Gasteiger partial charge >= 0.3 is 7.82 Å². The van der Waals surface area contributed by atoms with E-state index in [1.807, 2.05) is 13.8 Å². The number of ketones is 5. The first kappa shape index (κ1) is 93.2. The molecule has 0 spiro atoms. The van der Waals surface area contributed by atoms with Crippen molar-refractivity contribution in [1.82, 2.24) is 21.3 Å². The summed E-state index contributed by atoms with van der Waals surface area (Å²) in [5.41, 5.74) is 3.44. The van der Waals surface area contributed by atoms with Crippen molar-refractivity contribution in [3.8, 4) is 0 Å². The highest BCUT2D eigenvalue weighted by molar-refractivity contribution is 7.47. The molecule has 0 aliphatic carbocycles. The Morgan fingerprint density at radius 2 is 0.859 bits per heavy atom. The Hall–Kier alpha value is -3.85. The van der Waals surface area contributed by atoms with Gasteiger partial charge in [-0.15, -0.1) is 0 Å². The molecule has 0 bridgehead atoms. The van der Waals surface area contributed by atoms with Gasteiger partial charge in [0.25, 0.3) is 0 Å². The van der Waals surface area contributed by atoms with E-state index in [9.17, 15) is 88.9 Å². The van der Waals surface area contributed by atoms with Crippen LogP contribution in [0.1, 0.15) is 163 Å². The molecule has 3 rings (SSSR count). The van der Waals surface area contributed by atoms with E-state index in [4.69, 9.17) is 43.8 Å². The minimum Gasteiger partial charge on any atom is -0.394 e. The molecule has 0 radical (unpaired) electrons. The molecule has 3 fully saturated rings. The van der Waals surface area contributed by atoms with Gasteiger partial charge in [0.2, 0.25) is 17.7 Å². The Balaban J connectivity index is 0.00000291. The molecule has 3 amide bonds. The Labute approximate surface area is 581 Å². The average molecular weight is 1450 g/mol. The highest BCUT2D eigenvalue weighted by atomic mass is 31.2. The van der Waals surface area contributed by atoms with Crippen LogP contribution < -0.4 is 27.0 Å². The first-order valence-corrected chi connectivity index (χ1v) is 36.2. The van der Waals surface area contributed by atoms with Crippen LogP contribution in [0.5, 0.6) is 0 Å². The number of amides is 3. The minimum atomic E-state index is -3.75. The zero-order chi connectivity index (χ0) is 74.5. The lowest BCUT2D eigenvalue weighted by atomic mass is 9.70. The van der Waals surface area contributed by atoms with E-state index >= 15 is 0 Å². The van der Waals surface area contributed by atoms with E-state index in [1.165, 1.54) is 7.11 Å². The fourth-order valence-corrected chi connectivity index (χ4v) is 11.3. The molecule has 0 saturated carbocycles. The first-order chi connectivity index (χ1) is 47.1. The molecule has 0 aromatic heterocycles. The minimum absolute atomic E-state index is 0.0368. The number of phosphoric ester groups is 1. The number of hydrogen-bond donors (Lipinski definition) is 15. The lowest BCUT2D eigenvalue weighted by Crippen LogP contribution is -2.55. The molecule has 0 aromatic carbocycles. The van der Waals surface area contributed by atoms with Gasteiger partial charge in [0.15, 0.2) is 24.7 Å². The van der Waals surface area contributed by atoms with Gasteiger partial charge in [0, 0.05) is 128 Å². The SMILES string of the molecule is CC.COCCCC(=O)CCCC(=O)CCC(CC(=O)CCC(=O)NCCCO[C@@H]1OC(CO)[C@H](O)[C@H](O)C1C)(CC(=O)CCC(=O)NCCCO[C@@H]1OC(CO)[C@H](O)[C@H](O)C1C)C(=O)CNCC(=O)NCCCO[C@@H]1OC(CO)[C@H](O)[C@H](O)C1C.COP(=O)(O)OCCCCCCN. The van der Waals surface area contributed by atoms with Crippen LogP contribution in [0.15, 0.2) is 0 Å². The third kappa shape index (κ3) is 36.9. The van der Waals surface area contributed by atoms with Crippen molar-refractivity contribution < 1.29 is 136 Å². The van der Waals surface area contributed by atoms with Crippen molar-refractivity contribution in [3.05, 3.63) is 0 Å². The number of aliphatic hydroxyl groups excluding tert-OH is 9. The molecule has 578 valence electrons. The van der Waals surface area contributed by atoms with Crippen LogP contribution in [0.3, 0.4) is 0 Å². The molecular formula is C65H120N5O28P. The summed E-state index contributed by atoms with van der Waals surface area (Å²) in [4.78, 5) is 116. The van der Waals surface area contributed by atoms with Crippen LogP contribution in [0.4, 0.5) is 0 Å². The van der Waals surface area contributed by atoms with Gasteiger partial charge in [-0.2, -0.15) is 0 Å². The van der Waals surface area contributed by atoms with Crippen molar-refractivity contribution in [1.29, 1.82) is 0 Å². The van der Waals surface area contributed by atoms with Gasteiger partial charge < -0.3 is 111 Å². The van der Waals surface area contributed by atoms with Gasteiger partial charge in [0.1, 0.15) is 59.8 Å². The van der Waals surface area contributed by atoms with Crippen LogP contribution >= 0.6 is 7.82 Å². The van der Waals surface area contributed by atoms with Crippen LogP contribution in [-0.4, -0.2) is 278 Å². The smallest absolute Gasteiger partial charge is 0.394 e. The molecule has 99 heavy (non-hydrogen) atoms. The second-order valence-corrected chi connectivity index (χ2v) is 26.4. The maximum atomic E-state index is 14.6. The number of rotatable bonds is 52. The van der Waals surface area contributed by atoms with Gasteiger partial charge in [-0.3, -0.25) is 47.4 Å². The number of ether oxygens (including phenoxy) is 7. The number of nitrogens with one attached hydrogen (secondary N) is 4. The Morgan fingerprint density at radius 1 is 0.465 bits per heavy atom. The van der Waals surface area contributed by atoms with Crippen molar-refractivity contribution in [2.45, 2.75) is 237 Å². The summed E-state index contributed by atoms with van der Waals surface area (Å²) in [6.45, 7) is 8.08. The summed E-state index contributed by atoms with van der Waals surface area (Å²) in [7, 11) is -1.09. The maximum absolute atomic E-state index is 14.6.